The minimum Gasteiger partial charge on any atom is -0.338 e. The molecule has 6 nitrogen and oxygen atoms in total. The van der Waals surface area contributed by atoms with E-state index in [1.165, 1.54) is 25.6 Å². The summed E-state index contributed by atoms with van der Waals surface area (Å²) in [7, 11) is 1.92. The molecule has 0 aliphatic heterocycles. The van der Waals surface area contributed by atoms with Crippen molar-refractivity contribution < 1.29 is 4.79 Å². The molecular formula is C16H21N5O. The summed E-state index contributed by atoms with van der Waals surface area (Å²) in [5, 5.41) is 11.1. The van der Waals surface area contributed by atoms with Crippen LogP contribution in [0.4, 0.5) is 0 Å². The first kappa shape index (κ1) is 14.7. The van der Waals surface area contributed by atoms with E-state index in [2.05, 4.69) is 22.4 Å². The summed E-state index contributed by atoms with van der Waals surface area (Å²) in [6.45, 7) is 2.24. The molecule has 0 bridgehead atoms. The Hall–Kier alpha value is -2.24. The number of nitrogens with zero attached hydrogens (tertiary/aromatic N) is 5. The molecule has 22 heavy (non-hydrogen) atoms. The SMILES string of the molecule is CC1CCCCC1N(C)C(=O)c1cccc(-n2cnnn2)c1. The molecular weight excluding hydrogens is 278 g/mol. The number of benzene rings is 1. The molecule has 1 aromatic carbocycles. The van der Waals surface area contributed by atoms with Crippen molar-refractivity contribution in [1.29, 1.82) is 0 Å². The highest BCUT2D eigenvalue weighted by molar-refractivity contribution is 5.94. The molecule has 6 heteroatoms. The average Bonchev–Trinajstić information content (AvgIpc) is 3.09. The highest BCUT2D eigenvalue weighted by Crippen LogP contribution is 2.28. The van der Waals surface area contributed by atoms with Crippen molar-refractivity contribution in [3.05, 3.63) is 36.2 Å². The lowest BCUT2D eigenvalue weighted by molar-refractivity contribution is 0.0629. The Morgan fingerprint density at radius 1 is 1.32 bits per heavy atom. The van der Waals surface area contributed by atoms with Crippen LogP contribution in [0.15, 0.2) is 30.6 Å². The van der Waals surface area contributed by atoms with Crippen molar-refractivity contribution in [3.63, 3.8) is 0 Å². The number of aromatic nitrogens is 4. The fraction of sp³-hybridized carbons (Fsp3) is 0.500. The van der Waals surface area contributed by atoms with E-state index in [0.29, 0.717) is 17.5 Å². The van der Waals surface area contributed by atoms with Crippen LogP contribution in [-0.4, -0.2) is 44.1 Å². The summed E-state index contributed by atoms with van der Waals surface area (Å²) in [6.07, 6.45) is 6.30. The Morgan fingerprint density at radius 2 is 2.14 bits per heavy atom. The Labute approximate surface area is 130 Å². The zero-order valence-corrected chi connectivity index (χ0v) is 13.0. The van der Waals surface area contributed by atoms with Gasteiger partial charge >= 0.3 is 0 Å². The van der Waals surface area contributed by atoms with Gasteiger partial charge in [0.25, 0.3) is 5.91 Å². The first-order chi connectivity index (χ1) is 10.7. The van der Waals surface area contributed by atoms with Crippen molar-refractivity contribution in [3.8, 4) is 5.69 Å². The molecule has 0 spiro atoms. The molecule has 0 radical (unpaired) electrons. The molecule has 1 aliphatic rings. The molecule has 116 valence electrons. The van der Waals surface area contributed by atoms with Crippen LogP contribution in [0.3, 0.4) is 0 Å². The fourth-order valence-corrected chi connectivity index (χ4v) is 3.29. The van der Waals surface area contributed by atoms with Crippen LogP contribution in [-0.2, 0) is 0 Å². The predicted molar refractivity (Wildman–Crippen MR) is 82.7 cm³/mol. The molecule has 2 aromatic rings. The number of hydrogen-bond donors (Lipinski definition) is 0. The first-order valence-electron chi connectivity index (χ1n) is 7.77. The van der Waals surface area contributed by atoms with Crippen molar-refractivity contribution in [2.24, 2.45) is 5.92 Å². The molecule has 1 aliphatic carbocycles. The van der Waals surface area contributed by atoms with Crippen LogP contribution in [0.5, 0.6) is 0 Å². The number of amides is 1. The van der Waals surface area contributed by atoms with Crippen LogP contribution < -0.4 is 0 Å². The zero-order valence-electron chi connectivity index (χ0n) is 13.0. The number of carbonyl (C=O) groups is 1. The van der Waals surface area contributed by atoms with Gasteiger partial charge in [-0.3, -0.25) is 4.79 Å². The minimum atomic E-state index is 0.0636. The molecule has 1 heterocycles. The van der Waals surface area contributed by atoms with E-state index < -0.39 is 0 Å². The van der Waals surface area contributed by atoms with Gasteiger partial charge in [-0.1, -0.05) is 25.8 Å². The van der Waals surface area contributed by atoms with E-state index in [-0.39, 0.29) is 5.91 Å². The van der Waals surface area contributed by atoms with Crippen molar-refractivity contribution >= 4 is 5.91 Å². The van der Waals surface area contributed by atoms with Crippen LogP contribution in [0.2, 0.25) is 0 Å². The van der Waals surface area contributed by atoms with Crippen molar-refractivity contribution in [1.82, 2.24) is 25.1 Å². The average molecular weight is 299 g/mol. The van der Waals surface area contributed by atoms with E-state index >= 15 is 0 Å². The first-order valence-corrected chi connectivity index (χ1v) is 7.77. The third-order valence-corrected chi connectivity index (χ3v) is 4.59. The van der Waals surface area contributed by atoms with Crippen LogP contribution >= 0.6 is 0 Å². The van der Waals surface area contributed by atoms with E-state index in [1.54, 1.807) is 4.68 Å². The summed E-state index contributed by atoms with van der Waals surface area (Å²) >= 11 is 0. The van der Waals surface area contributed by atoms with Crippen LogP contribution in [0.25, 0.3) is 5.69 Å². The monoisotopic (exact) mass is 299 g/mol. The maximum absolute atomic E-state index is 12.8. The number of tetrazole rings is 1. The molecule has 1 aromatic heterocycles. The number of carbonyl (C=O) groups excluding carboxylic acids is 1. The minimum absolute atomic E-state index is 0.0636. The highest BCUT2D eigenvalue weighted by Gasteiger charge is 2.28. The molecule has 0 saturated heterocycles. The normalized spacial score (nSPS) is 21.5. The quantitative estimate of drug-likeness (QED) is 0.872. The zero-order chi connectivity index (χ0) is 15.5. The third kappa shape index (κ3) is 2.86. The molecule has 1 amide bonds. The maximum Gasteiger partial charge on any atom is 0.253 e. The van der Waals surface area contributed by atoms with Gasteiger partial charge in [-0.15, -0.1) is 5.10 Å². The van der Waals surface area contributed by atoms with Gasteiger partial charge in [0.2, 0.25) is 0 Å². The summed E-state index contributed by atoms with van der Waals surface area (Å²) in [6, 6.07) is 7.76. The summed E-state index contributed by atoms with van der Waals surface area (Å²) in [4.78, 5) is 14.7. The largest absolute Gasteiger partial charge is 0.338 e. The topological polar surface area (TPSA) is 63.9 Å². The highest BCUT2D eigenvalue weighted by atomic mass is 16.2. The third-order valence-electron chi connectivity index (χ3n) is 4.59. The van der Waals surface area contributed by atoms with Gasteiger partial charge in [0, 0.05) is 18.7 Å². The molecule has 3 rings (SSSR count). The lowest BCUT2D eigenvalue weighted by Crippen LogP contribution is -2.42. The number of hydrogen-bond acceptors (Lipinski definition) is 4. The second kappa shape index (κ2) is 6.25. The van der Waals surface area contributed by atoms with Gasteiger partial charge in [0.15, 0.2) is 0 Å². The van der Waals surface area contributed by atoms with E-state index in [0.717, 1.165) is 12.1 Å². The molecule has 2 atom stereocenters. The maximum atomic E-state index is 12.8. The molecule has 2 unspecified atom stereocenters. The number of rotatable bonds is 3. The smallest absolute Gasteiger partial charge is 0.253 e. The van der Waals surface area contributed by atoms with E-state index in [1.807, 2.05) is 36.2 Å². The second-order valence-electron chi connectivity index (χ2n) is 6.05. The fourth-order valence-electron chi connectivity index (χ4n) is 3.29. The molecule has 1 fully saturated rings. The lowest BCUT2D eigenvalue weighted by atomic mass is 9.85. The Balaban J connectivity index is 1.81. The summed E-state index contributed by atoms with van der Waals surface area (Å²) in [5.41, 5.74) is 1.47. The summed E-state index contributed by atoms with van der Waals surface area (Å²) in [5.74, 6) is 0.624. The van der Waals surface area contributed by atoms with Crippen molar-refractivity contribution in [2.75, 3.05) is 7.05 Å². The predicted octanol–water partition coefficient (Wildman–Crippen LogP) is 2.31. The standard InChI is InChI=1S/C16H21N5O/c1-12-6-3-4-9-15(12)20(2)16(22)13-7-5-8-14(10-13)21-11-17-18-19-21/h5,7-8,10-12,15H,3-4,6,9H2,1-2H3. The Bertz CT molecular complexity index is 640. The van der Waals surface area contributed by atoms with Gasteiger partial charge in [-0.2, -0.15) is 0 Å². The molecule has 0 N–H and O–H groups in total. The second-order valence-corrected chi connectivity index (χ2v) is 6.05. The van der Waals surface area contributed by atoms with Gasteiger partial charge < -0.3 is 4.90 Å². The Morgan fingerprint density at radius 3 is 2.86 bits per heavy atom. The molecule has 1 saturated carbocycles. The van der Waals surface area contributed by atoms with Gasteiger partial charge in [-0.25, -0.2) is 4.68 Å². The van der Waals surface area contributed by atoms with E-state index in [9.17, 15) is 4.79 Å². The lowest BCUT2D eigenvalue weighted by Gasteiger charge is -2.36. The van der Waals surface area contributed by atoms with Crippen molar-refractivity contribution in [2.45, 2.75) is 38.6 Å². The Kier molecular flexibility index (Phi) is 4.18. The van der Waals surface area contributed by atoms with Crippen LogP contribution in [0, 0.1) is 5.92 Å². The van der Waals surface area contributed by atoms with Crippen LogP contribution in [0.1, 0.15) is 43.0 Å². The van der Waals surface area contributed by atoms with Gasteiger partial charge in [0.05, 0.1) is 5.69 Å². The van der Waals surface area contributed by atoms with E-state index in [4.69, 9.17) is 0 Å². The van der Waals surface area contributed by atoms with Gasteiger partial charge in [-0.05, 0) is 47.4 Å². The summed E-state index contributed by atoms with van der Waals surface area (Å²) < 4.78 is 1.56. The van der Waals surface area contributed by atoms with Gasteiger partial charge in [0.1, 0.15) is 6.33 Å².